The van der Waals surface area contributed by atoms with Crippen LogP contribution in [-0.4, -0.2) is 17.1 Å². The molecule has 0 saturated carbocycles. The number of hydrogen-bond donors (Lipinski definition) is 1. The van der Waals surface area contributed by atoms with Crippen molar-refractivity contribution in [3.63, 3.8) is 0 Å². The molecule has 1 aromatic carbocycles. The first-order valence-corrected chi connectivity index (χ1v) is 5.25. The summed E-state index contributed by atoms with van der Waals surface area (Å²) in [6.45, 7) is 0. The van der Waals surface area contributed by atoms with Gasteiger partial charge in [0.15, 0.2) is 0 Å². The molecule has 0 aliphatic carbocycles. The smallest absolute Gasteiger partial charge is 0.248 e. The number of aromatic nitrogens is 2. The molecule has 0 bridgehead atoms. The van der Waals surface area contributed by atoms with E-state index in [1.54, 1.807) is 19.4 Å². The molecule has 1 N–H and O–H groups in total. The molecular weight excluding hydrogens is 216 g/mol. The highest BCUT2D eigenvalue weighted by Crippen LogP contribution is 2.28. The fraction of sp³-hybridized carbons (Fsp3) is 0.0769. The third-order valence-corrected chi connectivity index (χ3v) is 2.76. The fourth-order valence-electron chi connectivity index (χ4n) is 2.00. The van der Waals surface area contributed by atoms with Gasteiger partial charge in [0.1, 0.15) is 0 Å². The SMILES string of the molecule is COc1nc2ccccc2c2cc(=O)[nH]cc12. The summed E-state index contributed by atoms with van der Waals surface area (Å²) in [6, 6.07) is 9.26. The Morgan fingerprint density at radius 2 is 2.00 bits per heavy atom. The van der Waals surface area contributed by atoms with Gasteiger partial charge in [-0.15, -0.1) is 0 Å². The minimum atomic E-state index is -0.129. The zero-order chi connectivity index (χ0) is 11.8. The van der Waals surface area contributed by atoms with Crippen molar-refractivity contribution in [3.8, 4) is 5.88 Å². The van der Waals surface area contributed by atoms with Crippen molar-refractivity contribution < 1.29 is 4.74 Å². The standard InChI is InChI=1S/C13H10N2O2/c1-17-13-10-7-14-12(16)6-9(10)8-4-2-3-5-11(8)15-13/h2-7H,1H3,(H,14,16). The van der Waals surface area contributed by atoms with Crippen molar-refractivity contribution in [2.24, 2.45) is 0 Å². The van der Waals surface area contributed by atoms with E-state index in [1.165, 1.54) is 0 Å². The van der Waals surface area contributed by atoms with E-state index in [0.29, 0.717) is 5.88 Å². The van der Waals surface area contributed by atoms with E-state index in [-0.39, 0.29) is 5.56 Å². The van der Waals surface area contributed by atoms with E-state index in [2.05, 4.69) is 9.97 Å². The van der Waals surface area contributed by atoms with Crippen molar-refractivity contribution in [1.29, 1.82) is 0 Å². The summed E-state index contributed by atoms with van der Waals surface area (Å²) < 4.78 is 5.24. The van der Waals surface area contributed by atoms with Gasteiger partial charge in [-0.1, -0.05) is 18.2 Å². The second-order valence-electron chi connectivity index (χ2n) is 3.76. The fourth-order valence-corrected chi connectivity index (χ4v) is 2.00. The van der Waals surface area contributed by atoms with Crippen molar-refractivity contribution >= 4 is 21.7 Å². The molecule has 0 aliphatic rings. The lowest BCUT2D eigenvalue weighted by Crippen LogP contribution is -2.03. The number of benzene rings is 1. The summed E-state index contributed by atoms with van der Waals surface area (Å²) in [4.78, 5) is 18.5. The second-order valence-corrected chi connectivity index (χ2v) is 3.76. The Bertz CT molecular complexity index is 762. The van der Waals surface area contributed by atoms with Gasteiger partial charge in [0.05, 0.1) is 18.0 Å². The largest absolute Gasteiger partial charge is 0.480 e. The molecule has 4 nitrogen and oxygen atoms in total. The van der Waals surface area contributed by atoms with Crippen LogP contribution in [-0.2, 0) is 0 Å². The molecule has 0 spiro atoms. The Morgan fingerprint density at radius 1 is 1.18 bits per heavy atom. The lowest BCUT2D eigenvalue weighted by Gasteiger charge is -2.07. The minimum absolute atomic E-state index is 0.129. The molecule has 3 aromatic rings. The summed E-state index contributed by atoms with van der Waals surface area (Å²) in [6.07, 6.45) is 1.63. The highest BCUT2D eigenvalue weighted by Gasteiger charge is 2.08. The van der Waals surface area contributed by atoms with E-state index < -0.39 is 0 Å². The molecule has 0 fully saturated rings. The first kappa shape index (κ1) is 9.84. The topological polar surface area (TPSA) is 55.0 Å². The maximum Gasteiger partial charge on any atom is 0.248 e. The number of para-hydroxylation sites is 1. The molecule has 0 aliphatic heterocycles. The number of nitrogens with one attached hydrogen (secondary N) is 1. The Hall–Kier alpha value is -2.36. The number of rotatable bonds is 1. The van der Waals surface area contributed by atoms with Gasteiger partial charge in [0.25, 0.3) is 0 Å². The summed E-state index contributed by atoms with van der Waals surface area (Å²) in [7, 11) is 1.57. The first-order valence-electron chi connectivity index (χ1n) is 5.25. The molecule has 0 atom stereocenters. The number of nitrogens with zero attached hydrogens (tertiary/aromatic N) is 1. The van der Waals surface area contributed by atoms with Gasteiger partial charge in [-0.25, -0.2) is 4.98 Å². The maximum absolute atomic E-state index is 11.4. The molecule has 17 heavy (non-hydrogen) atoms. The molecule has 2 heterocycles. The van der Waals surface area contributed by atoms with E-state index in [4.69, 9.17) is 4.74 Å². The van der Waals surface area contributed by atoms with Crippen LogP contribution in [0.5, 0.6) is 5.88 Å². The van der Waals surface area contributed by atoms with Gasteiger partial charge in [-0.05, 0) is 6.07 Å². The van der Waals surface area contributed by atoms with E-state index in [1.807, 2.05) is 24.3 Å². The molecule has 0 radical (unpaired) electrons. The molecule has 0 saturated heterocycles. The molecular formula is C13H10N2O2. The van der Waals surface area contributed by atoms with Crippen LogP contribution < -0.4 is 10.3 Å². The Labute approximate surface area is 96.9 Å². The monoisotopic (exact) mass is 226 g/mol. The zero-order valence-electron chi connectivity index (χ0n) is 9.23. The second kappa shape index (κ2) is 3.59. The van der Waals surface area contributed by atoms with Crippen LogP contribution in [0.15, 0.2) is 41.3 Å². The van der Waals surface area contributed by atoms with Gasteiger partial charge in [0, 0.05) is 23.0 Å². The molecule has 3 rings (SSSR count). The van der Waals surface area contributed by atoms with Gasteiger partial charge in [-0.3, -0.25) is 4.79 Å². The van der Waals surface area contributed by atoms with Crippen molar-refractivity contribution in [3.05, 3.63) is 46.9 Å². The molecule has 4 heteroatoms. The Balaban J connectivity index is 2.61. The van der Waals surface area contributed by atoms with Crippen molar-refractivity contribution in [1.82, 2.24) is 9.97 Å². The number of H-pyrrole nitrogens is 1. The van der Waals surface area contributed by atoms with Crippen LogP contribution >= 0.6 is 0 Å². The third kappa shape index (κ3) is 1.45. The molecule has 84 valence electrons. The number of aromatic amines is 1. The number of pyridine rings is 2. The van der Waals surface area contributed by atoms with Crippen LogP contribution in [0.2, 0.25) is 0 Å². The number of methoxy groups -OCH3 is 1. The summed E-state index contributed by atoms with van der Waals surface area (Å²) in [5.74, 6) is 0.523. The number of fused-ring (bicyclic) bond motifs is 3. The van der Waals surface area contributed by atoms with Crippen LogP contribution in [0, 0.1) is 0 Å². The van der Waals surface area contributed by atoms with Crippen molar-refractivity contribution in [2.75, 3.05) is 7.11 Å². The Morgan fingerprint density at radius 3 is 2.82 bits per heavy atom. The third-order valence-electron chi connectivity index (χ3n) is 2.76. The van der Waals surface area contributed by atoms with E-state index in [9.17, 15) is 4.79 Å². The lowest BCUT2D eigenvalue weighted by molar-refractivity contribution is 0.405. The average molecular weight is 226 g/mol. The normalized spacial score (nSPS) is 10.9. The lowest BCUT2D eigenvalue weighted by atomic mass is 10.1. The predicted octanol–water partition coefficient (Wildman–Crippen LogP) is 2.08. The van der Waals surface area contributed by atoms with Crippen LogP contribution in [0.1, 0.15) is 0 Å². The summed E-state index contributed by atoms with van der Waals surface area (Å²) in [5, 5.41) is 2.62. The Kier molecular flexibility index (Phi) is 2.08. The highest BCUT2D eigenvalue weighted by molar-refractivity contribution is 6.07. The first-order chi connectivity index (χ1) is 8.29. The zero-order valence-corrected chi connectivity index (χ0v) is 9.23. The molecule has 0 unspecified atom stereocenters. The highest BCUT2D eigenvalue weighted by atomic mass is 16.5. The van der Waals surface area contributed by atoms with Gasteiger partial charge in [0.2, 0.25) is 11.4 Å². The predicted molar refractivity (Wildman–Crippen MR) is 66.4 cm³/mol. The summed E-state index contributed by atoms with van der Waals surface area (Å²) >= 11 is 0. The molecule has 0 amide bonds. The van der Waals surface area contributed by atoms with Gasteiger partial charge in [-0.2, -0.15) is 0 Å². The van der Waals surface area contributed by atoms with Crippen molar-refractivity contribution in [2.45, 2.75) is 0 Å². The van der Waals surface area contributed by atoms with Crippen LogP contribution in [0.3, 0.4) is 0 Å². The van der Waals surface area contributed by atoms with Crippen LogP contribution in [0.25, 0.3) is 21.7 Å². The summed E-state index contributed by atoms with van der Waals surface area (Å²) in [5.41, 5.74) is 0.693. The van der Waals surface area contributed by atoms with E-state index >= 15 is 0 Å². The van der Waals surface area contributed by atoms with Gasteiger partial charge >= 0.3 is 0 Å². The van der Waals surface area contributed by atoms with Gasteiger partial charge < -0.3 is 9.72 Å². The molecule has 2 aromatic heterocycles. The number of ether oxygens (including phenoxy) is 1. The maximum atomic E-state index is 11.4. The minimum Gasteiger partial charge on any atom is -0.480 e. The number of hydrogen-bond acceptors (Lipinski definition) is 3. The average Bonchev–Trinajstić information content (AvgIpc) is 2.37. The van der Waals surface area contributed by atoms with E-state index in [0.717, 1.165) is 21.7 Å². The quantitative estimate of drug-likeness (QED) is 0.646. The van der Waals surface area contributed by atoms with Crippen LogP contribution in [0.4, 0.5) is 0 Å².